The maximum Gasteiger partial charge on any atom is 0.192 e. The van der Waals surface area contributed by atoms with Gasteiger partial charge in [0, 0.05) is 6.42 Å². The van der Waals surface area contributed by atoms with E-state index in [2.05, 4.69) is 0 Å². The second kappa shape index (κ2) is 1.25. The van der Waals surface area contributed by atoms with Crippen molar-refractivity contribution in [3.63, 3.8) is 0 Å². The van der Waals surface area contributed by atoms with Crippen LogP contribution in [-0.2, 0) is 4.74 Å². The fourth-order valence-corrected chi connectivity index (χ4v) is 1.42. The van der Waals surface area contributed by atoms with Crippen LogP contribution >= 0.6 is 0 Å². The standard InChI is InChI=1S/C6H10O2/c7-6-4-2-1-3-5(6)8-6/h5,7H,1-4H2/t5-,6+/m1/s1. The number of epoxide rings is 1. The highest BCUT2D eigenvalue weighted by atomic mass is 16.7. The summed E-state index contributed by atoms with van der Waals surface area (Å²) in [4.78, 5) is 0. The summed E-state index contributed by atoms with van der Waals surface area (Å²) >= 11 is 0. The molecule has 0 aromatic carbocycles. The smallest absolute Gasteiger partial charge is 0.192 e. The van der Waals surface area contributed by atoms with E-state index in [1.54, 1.807) is 0 Å². The van der Waals surface area contributed by atoms with Crippen LogP contribution in [0, 0.1) is 0 Å². The molecule has 2 atom stereocenters. The van der Waals surface area contributed by atoms with Crippen LogP contribution in [0.25, 0.3) is 0 Å². The van der Waals surface area contributed by atoms with Crippen LogP contribution in [0.3, 0.4) is 0 Å². The molecule has 0 spiro atoms. The minimum Gasteiger partial charge on any atom is -0.363 e. The zero-order chi connectivity index (χ0) is 5.61. The van der Waals surface area contributed by atoms with Gasteiger partial charge in [-0.1, -0.05) is 6.42 Å². The zero-order valence-electron chi connectivity index (χ0n) is 4.76. The molecule has 0 amide bonds. The molecule has 2 nitrogen and oxygen atoms in total. The molecule has 1 heterocycles. The van der Waals surface area contributed by atoms with Crippen LogP contribution in [-0.4, -0.2) is 17.0 Å². The molecular weight excluding hydrogens is 104 g/mol. The lowest BCUT2D eigenvalue weighted by Crippen LogP contribution is -2.17. The molecular formula is C6H10O2. The highest BCUT2D eigenvalue weighted by molar-refractivity contribution is 4.95. The average molecular weight is 114 g/mol. The third-order valence-corrected chi connectivity index (χ3v) is 2.04. The minimum absolute atomic E-state index is 0.205. The summed E-state index contributed by atoms with van der Waals surface area (Å²) in [6, 6.07) is 0. The van der Waals surface area contributed by atoms with E-state index < -0.39 is 5.79 Å². The fraction of sp³-hybridized carbons (Fsp3) is 1.00. The summed E-state index contributed by atoms with van der Waals surface area (Å²) in [6.45, 7) is 0. The summed E-state index contributed by atoms with van der Waals surface area (Å²) < 4.78 is 5.02. The third kappa shape index (κ3) is 0.501. The molecule has 2 rings (SSSR count). The monoisotopic (exact) mass is 114 g/mol. The molecule has 1 aliphatic heterocycles. The van der Waals surface area contributed by atoms with Crippen molar-refractivity contribution >= 4 is 0 Å². The molecule has 8 heavy (non-hydrogen) atoms. The van der Waals surface area contributed by atoms with E-state index in [1.165, 1.54) is 6.42 Å². The van der Waals surface area contributed by atoms with E-state index in [4.69, 9.17) is 4.74 Å². The molecule has 0 bridgehead atoms. The largest absolute Gasteiger partial charge is 0.363 e. The molecule has 2 aliphatic rings. The van der Waals surface area contributed by atoms with Gasteiger partial charge in [0.1, 0.15) is 6.10 Å². The second-order valence-corrected chi connectivity index (χ2v) is 2.70. The maximum atomic E-state index is 9.23. The molecule has 1 aliphatic carbocycles. The fourth-order valence-electron chi connectivity index (χ4n) is 1.42. The van der Waals surface area contributed by atoms with Crippen molar-refractivity contribution in [1.29, 1.82) is 0 Å². The predicted octanol–water partition coefficient (Wildman–Crippen LogP) is 0.648. The lowest BCUT2D eigenvalue weighted by Gasteiger charge is -2.08. The molecule has 0 radical (unpaired) electrons. The SMILES string of the molecule is O[C@]12CCCC[C@H]1O2. The Hall–Kier alpha value is -0.0800. The Kier molecular flexibility index (Phi) is 0.746. The number of aliphatic hydroxyl groups is 1. The van der Waals surface area contributed by atoms with Gasteiger partial charge in [-0.25, -0.2) is 0 Å². The van der Waals surface area contributed by atoms with Gasteiger partial charge >= 0.3 is 0 Å². The van der Waals surface area contributed by atoms with Crippen molar-refractivity contribution in [3.8, 4) is 0 Å². The van der Waals surface area contributed by atoms with E-state index in [0.29, 0.717) is 0 Å². The predicted molar refractivity (Wildman–Crippen MR) is 28.3 cm³/mol. The summed E-state index contributed by atoms with van der Waals surface area (Å²) in [6.07, 6.45) is 4.49. The second-order valence-electron chi connectivity index (χ2n) is 2.70. The summed E-state index contributed by atoms with van der Waals surface area (Å²) in [5, 5.41) is 9.23. The Balaban J connectivity index is 2.04. The molecule has 0 aromatic heterocycles. The molecule has 0 unspecified atom stereocenters. The van der Waals surface area contributed by atoms with Gasteiger partial charge in [0.05, 0.1) is 0 Å². The first-order chi connectivity index (χ1) is 3.81. The van der Waals surface area contributed by atoms with Crippen LogP contribution in [0.15, 0.2) is 0 Å². The van der Waals surface area contributed by atoms with Crippen LogP contribution < -0.4 is 0 Å². The lowest BCUT2D eigenvalue weighted by atomic mass is 9.98. The van der Waals surface area contributed by atoms with E-state index in [9.17, 15) is 5.11 Å². The lowest BCUT2D eigenvalue weighted by molar-refractivity contribution is 0.0251. The highest BCUT2D eigenvalue weighted by Crippen LogP contribution is 2.45. The Morgan fingerprint density at radius 3 is 2.88 bits per heavy atom. The molecule has 1 N–H and O–H groups in total. The summed E-state index contributed by atoms with van der Waals surface area (Å²) in [5.41, 5.74) is 0. The molecule has 2 fully saturated rings. The average Bonchev–Trinajstić information content (AvgIpc) is 2.39. The van der Waals surface area contributed by atoms with Crippen molar-refractivity contribution in [3.05, 3.63) is 0 Å². The van der Waals surface area contributed by atoms with E-state index in [0.717, 1.165) is 19.3 Å². The van der Waals surface area contributed by atoms with Crippen molar-refractivity contribution in [2.75, 3.05) is 0 Å². The van der Waals surface area contributed by atoms with E-state index in [-0.39, 0.29) is 6.10 Å². The number of ether oxygens (including phenoxy) is 1. The topological polar surface area (TPSA) is 32.8 Å². The number of fused-ring (bicyclic) bond motifs is 1. The highest BCUT2D eigenvalue weighted by Gasteiger charge is 2.55. The normalized spacial score (nSPS) is 52.9. The van der Waals surface area contributed by atoms with Gasteiger partial charge in [0.2, 0.25) is 0 Å². The van der Waals surface area contributed by atoms with Crippen molar-refractivity contribution in [1.82, 2.24) is 0 Å². The molecule has 1 saturated carbocycles. The Labute approximate surface area is 48.5 Å². The number of hydrogen-bond donors (Lipinski definition) is 1. The van der Waals surface area contributed by atoms with E-state index >= 15 is 0 Å². The number of rotatable bonds is 0. The first-order valence-electron chi connectivity index (χ1n) is 3.21. The minimum atomic E-state index is -0.655. The molecule has 46 valence electrons. The van der Waals surface area contributed by atoms with Gasteiger partial charge in [-0.15, -0.1) is 0 Å². The van der Waals surface area contributed by atoms with Crippen LogP contribution in [0.4, 0.5) is 0 Å². The first-order valence-corrected chi connectivity index (χ1v) is 3.21. The Morgan fingerprint density at radius 1 is 1.50 bits per heavy atom. The molecule has 2 heteroatoms. The van der Waals surface area contributed by atoms with Gasteiger partial charge < -0.3 is 9.84 Å². The van der Waals surface area contributed by atoms with Crippen LogP contribution in [0.1, 0.15) is 25.7 Å². The van der Waals surface area contributed by atoms with Crippen molar-refractivity contribution < 1.29 is 9.84 Å². The van der Waals surface area contributed by atoms with Gasteiger partial charge in [0.25, 0.3) is 0 Å². The Bertz CT molecular complexity index is 111. The summed E-state index contributed by atoms with van der Waals surface area (Å²) in [5.74, 6) is -0.655. The molecule has 0 aromatic rings. The van der Waals surface area contributed by atoms with Crippen molar-refractivity contribution in [2.24, 2.45) is 0 Å². The maximum absolute atomic E-state index is 9.23. The van der Waals surface area contributed by atoms with Crippen LogP contribution in [0.5, 0.6) is 0 Å². The van der Waals surface area contributed by atoms with Gasteiger partial charge in [-0.2, -0.15) is 0 Å². The Morgan fingerprint density at radius 2 is 2.38 bits per heavy atom. The zero-order valence-corrected chi connectivity index (χ0v) is 4.76. The summed E-state index contributed by atoms with van der Waals surface area (Å²) in [7, 11) is 0. The van der Waals surface area contributed by atoms with Gasteiger partial charge in [-0.3, -0.25) is 0 Å². The first kappa shape index (κ1) is 4.77. The third-order valence-electron chi connectivity index (χ3n) is 2.04. The number of hydrogen-bond acceptors (Lipinski definition) is 2. The van der Waals surface area contributed by atoms with Crippen molar-refractivity contribution in [2.45, 2.75) is 37.6 Å². The quantitative estimate of drug-likeness (QED) is 0.469. The van der Waals surface area contributed by atoms with E-state index in [1.807, 2.05) is 0 Å². The van der Waals surface area contributed by atoms with Gasteiger partial charge in [0.15, 0.2) is 5.79 Å². The van der Waals surface area contributed by atoms with Crippen LogP contribution in [0.2, 0.25) is 0 Å². The van der Waals surface area contributed by atoms with Gasteiger partial charge in [-0.05, 0) is 12.8 Å². The molecule has 1 saturated heterocycles.